The van der Waals surface area contributed by atoms with Gasteiger partial charge in [-0.15, -0.1) is 5.10 Å². The molecule has 2 amide bonds. The molecule has 2 aromatic carbocycles. The summed E-state index contributed by atoms with van der Waals surface area (Å²) < 4.78 is 74.6. The number of alkyl halides is 4. The predicted molar refractivity (Wildman–Crippen MR) is 120 cm³/mol. The Morgan fingerprint density at radius 1 is 1.00 bits per heavy atom. The van der Waals surface area contributed by atoms with Crippen molar-refractivity contribution in [2.45, 2.75) is 12.7 Å². The normalized spacial score (nSPS) is 11.3. The number of nitrogens with zero attached hydrogens (tertiary/aromatic N) is 3. The number of hydrogen-bond acceptors (Lipinski definition) is 6. The van der Waals surface area contributed by atoms with Crippen LogP contribution in [0, 0.1) is 5.82 Å². The van der Waals surface area contributed by atoms with E-state index in [1.165, 1.54) is 47.3 Å². The van der Waals surface area contributed by atoms with Gasteiger partial charge in [0.25, 0.3) is 11.8 Å². The molecule has 0 radical (unpaired) electrons. The maximum absolute atomic E-state index is 13.3. The molecule has 0 saturated heterocycles. The SMILES string of the molecule is O=C(NCC(F)(F)F)c1ccc(-n2cc(C(=O)NCc3cccc(F)c3)nn2)c(OCCOCCF)c1. The van der Waals surface area contributed by atoms with Gasteiger partial charge in [-0.2, -0.15) is 13.2 Å². The van der Waals surface area contributed by atoms with E-state index < -0.39 is 37.0 Å². The maximum Gasteiger partial charge on any atom is 0.405 e. The minimum absolute atomic E-state index is 0.00104. The largest absolute Gasteiger partial charge is 0.489 e. The van der Waals surface area contributed by atoms with E-state index in [0.717, 1.165) is 0 Å². The second-order valence-electron chi connectivity index (χ2n) is 7.49. The van der Waals surface area contributed by atoms with Gasteiger partial charge in [-0.25, -0.2) is 13.5 Å². The standard InChI is InChI=1S/C23H22F5N5O4/c24-6-7-36-8-9-37-20-11-16(21(34)30-14-23(26,27)28)4-5-19(20)33-13-18(31-32-33)22(35)29-12-15-2-1-3-17(25)10-15/h1-5,10-11,13H,6-9,12,14H2,(H,29,35)(H,30,34). The zero-order valence-corrected chi connectivity index (χ0v) is 19.2. The van der Waals surface area contributed by atoms with Crippen LogP contribution in [0.5, 0.6) is 5.75 Å². The molecule has 3 rings (SSSR count). The van der Waals surface area contributed by atoms with Gasteiger partial charge in [0.15, 0.2) is 5.69 Å². The third kappa shape index (κ3) is 8.52. The van der Waals surface area contributed by atoms with Gasteiger partial charge >= 0.3 is 6.18 Å². The van der Waals surface area contributed by atoms with Gasteiger partial charge in [-0.05, 0) is 35.9 Å². The van der Waals surface area contributed by atoms with Crippen LogP contribution in [0.4, 0.5) is 22.0 Å². The van der Waals surface area contributed by atoms with Gasteiger partial charge < -0.3 is 20.1 Å². The molecule has 9 nitrogen and oxygen atoms in total. The molecular formula is C23H22F5N5O4. The Kier molecular flexibility index (Phi) is 9.49. The van der Waals surface area contributed by atoms with Crippen LogP contribution in [-0.4, -0.2) is 66.0 Å². The molecule has 2 N–H and O–H groups in total. The minimum Gasteiger partial charge on any atom is -0.489 e. The molecule has 0 aliphatic heterocycles. The average molecular weight is 527 g/mol. The molecule has 0 fully saturated rings. The minimum atomic E-state index is -4.59. The second-order valence-corrected chi connectivity index (χ2v) is 7.49. The fourth-order valence-electron chi connectivity index (χ4n) is 3.02. The number of carbonyl (C=O) groups excluding carboxylic acids is 2. The highest BCUT2D eigenvalue weighted by atomic mass is 19.4. The molecule has 0 spiro atoms. The summed E-state index contributed by atoms with van der Waals surface area (Å²) in [4.78, 5) is 24.6. The molecule has 0 bridgehead atoms. The van der Waals surface area contributed by atoms with Crippen LogP contribution in [-0.2, 0) is 11.3 Å². The summed E-state index contributed by atoms with van der Waals surface area (Å²) in [6.45, 7) is -2.39. The number of hydrogen-bond donors (Lipinski definition) is 2. The zero-order chi connectivity index (χ0) is 26.8. The molecule has 0 saturated carbocycles. The van der Waals surface area contributed by atoms with Gasteiger partial charge in [-0.1, -0.05) is 17.3 Å². The Labute approximate surface area is 207 Å². The van der Waals surface area contributed by atoms with Crippen LogP contribution >= 0.6 is 0 Å². The number of aromatic nitrogens is 3. The highest BCUT2D eigenvalue weighted by Gasteiger charge is 2.28. The smallest absolute Gasteiger partial charge is 0.405 e. The molecule has 1 heterocycles. The Hall–Kier alpha value is -4.07. The second kappa shape index (κ2) is 12.8. The molecule has 0 unspecified atom stereocenters. The maximum atomic E-state index is 13.3. The number of rotatable bonds is 12. The first kappa shape index (κ1) is 27.5. The fourth-order valence-corrected chi connectivity index (χ4v) is 3.02. The van der Waals surface area contributed by atoms with Gasteiger partial charge in [0.2, 0.25) is 0 Å². The third-order valence-corrected chi connectivity index (χ3v) is 4.69. The molecule has 3 aromatic rings. The van der Waals surface area contributed by atoms with Crippen molar-refractivity contribution in [2.75, 3.05) is 33.0 Å². The predicted octanol–water partition coefficient (Wildman–Crippen LogP) is 2.99. The summed E-state index contributed by atoms with van der Waals surface area (Å²) in [5.74, 6) is -2.00. The van der Waals surface area contributed by atoms with Crippen molar-refractivity contribution >= 4 is 11.8 Å². The van der Waals surface area contributed by atoms with E-state index in [-0.39, 0.29) is 49.1 Å². The lowest BCUT2D eigenvalue weighted by molar-refractivity contribution is -0.123. The summed E-state index contributed by atoms with van der Waals surface area (Å²) in [6.07, 6.45) is -3.32. The average Bonchev–Trinajstić information content (AvgIpc) is 3.35. The molecular weight excluding hydrogens is 505 g/mol. The molecule has 0 atom stereocenters. The third-order valence-electron chi connectivity index (χ3n) is 4.69. The highest BCUT2D eigenvalue weighted by molar-refractivity contribution is 5.95. The van der Waals surface area contributed by atoms with Crippen LogP contribution in [0.2, 0.25) is 0 Å². The Balaban J connectivity index is 1.76. The van der Waals surface area contributed by atoms with E-state index in [2.05, 4.69) is 15.6 Å². The summed E-state index contributed by atoms with van der Waals surface area (Å²) >= 11 is 0. The van der Waals surface area contributed by atoms with Crippen LogP contribution in [0.25, 0.3) is 5.69 Å². The summed E-state index contributed by atoms with van der Waals surface area (Å²) in [6, 6.07) is 9.47. The van der Waals surface area contributed by atoms with E-state index in [1.54, 1.807) is 11.4 Å². The lowest BCUT2D eigenvalue weighted by Crippen LogP contribution is -2.33. The van der Waals surface area contributed by atoms with Gasteiger partial charge in [0, 0.05) is 12.1 Å². The van der Waals surface area contributed by atoms with Crippen LogP contribution in [0.15, 0.2) is 48.7 Å². The number of nitrogens with one attached hydrogen (secondary N) is 2. The number of ether oxygens (including phenoxy) is 2. The first-order valence-electron chi connectivity index (χ1n) is 10.9. The van der Waals surface area contributed by atoms with Gasteiger partial charge in [0.05, 0.1) is 19.4 Å². The Morgan fingerprint density at radius 2 is 1.81 bits per heavy atom. The number of halogens is 5. The first-order valence-corrected chi connectivity index (χ1v) is 10.9. The van der Waals surface area contributed by atoms with E-state index in [9.17, 15) is 31.5 Å². The van der Waals surface area contributed by atoms with Gasteiger partial charge in [0.1, 0.15) is 37.1 Å². The Morgan fingerprint density at radius 3 is 2.54 bits per heavy atom. The molecule has 37 heavy (non-hydrogen) atoms. The van der Waals surface area contributed by atoms with Crippen molar-refractivity contribution in [3.63, 3.8) is 0 Å². The number of amides is 2. The summed E-state index contributed by atoms with van der Waals surface area (Å²) in [5, 5.41) is 12.0. The summed E-state index contributed by atoms with van der Waals surface area (Å²) in [5.41, 5.74) is 0.543. The Bertz CT molecular complexity index is 1220. The van der Waals surface area contributed by atoms with E-state index in [1.807, 2.05) is 0 Å². The van der Waals surface area contributed by atoms with Crippen molar-refractivity contribution in [1.82, 2.24) is 25.6 Å². The number of benzene rings is 2. The first-order chi connectivity index (χ1) is 17.7. The van der Waals surface area contributed by atoms with Crippen molar-refractivity contribution in [1.29, 1.82) is 0 Å². The zero-order valence-electron chi connectivity index (χ0n) is 19.2. The quantitative estimate of drug-likeness (QED) is 0.277. The van der Waals surface area contributed by atoms with Crippen molar-refractivity contribution < 1.29 is 41.0 Å². The highest BCUT2D eigenvalue weighted by Crippen LogP contribution is 2.25. The van der Waals surface area contributed by atoms with Crippen molar-refractivity contribution in [3.8, 4) is 11.4 Å². The summed E-state index contributed by atoms with van der Waals surface area (Å²) in [7, 11) is 0. The lowest BCUT2D eigenvalue weighted by atomic mass is 10.1. The van der Waals surface area contributed by atoms with E-state index in [4.69, 9.17) is 9.47 Å². The molecule has 1 aromatic heterocycles. The monoisotopic (exact) mass is 527 g/mol. The number of carbonyl (C=O) groups is 2. The molecule has 0 aliphatic carbocycles. The van der Waals surface area contributed by atoms with E-state index in [0.29, 0.717) is 5.56 Å². The van der Waals surface area contributed by atoms with Crippen LogP contribution in [0.1, 0.15) is 26.4 Å². The van der Waals surface area contributed by atoms with Crippen LogP contribution in [0.3, 0.4) is 0 Å². The van der Waals surface area contributed by atoms with Crippen LogP contribution < -0.4 is 15.4 Å². The van der Waals surface area contributed by atoms with Gasteiger partial charge in [-0.3, -0.25) is 9.59 Å². The fraction of sp³-hybridized carbons (Fsp3) is 0.304. The molecule has 198 valence electrons. The molecule has 14 heteroatoms. The lowest BCUT2D eigenvalue weighted by Gasteiger charge is -2.14. The van der Waals surface area contributed by atoms with E-state index >= 15 is 0 Å². The molecule has 0 aliphatic rings. The van der Waals surface area contributed by atoms with Crippen molar-refractivity contribution in [2.24, 2.45) is 0 Å². The topological polar surface area (TPSA) is 107 Å². The van der Waals surface area contributed by atoms with Crippen molar-refractivity contribution in [3.05, 3.63) is 71.3 Å².